The van der Waals surface area contributed by atoms with Crippen LogP contribution in [0.3, 0.4) is 0 Å². The number of carbonyl (C=O) groups excluding carboxylic acids is 1. The average Bonchev–Trinajstić information content (AvgIpc) is 3.54. The average molecular weight is 440 g/mol. The Bertz CT molecular complexity index is 1230. The Kier molecular flexibility index (Phi) is 6.06. The van der Waals surface area contributed by atoms with Crippen molar-refractivity contribution in [1.29, 1.82) is 0 Å². The number of nitrogens with zero attached hydrogens (tertiary/aromatic N) is 2. The topological polar surface area (TPSA) is 65.4 Å². The largest absolute Gasteiger partial charge is 0.454 e. The van der Waals surface area contributed by atoms with Crippen molar-refractivity contribution in [1.82, 2.24) is 15.1 Å². The van der Waals surface area contributed by atoms with Gasteiger partial charge in [-0.15, -0.1) is 0 Å². The summed E-state index contributed by atoms with van der Waals surface area (Å²) in [6.45, 7) is 1.49. The zero-order valence-corrected chi connectivity index (χ0v) is 18.2. The lowest BCUT2D eigenvalue weighted by atomic mass is 9.98. The zero-order valence-electron chi connectivity index (χ0n) is 18.2. The molecule has 1 aromatic heterocycles. The first kappa shape index (κ1) is 20.8. The first-order valence-electron chi connectivity index (χ1n) is 11.0. The van der Waals surface area contributed by atoms with E-state index in [4.69, 9.17) is 9.47 Å². The Morgan fingerprint density at radius 2 is 1.76 bits per heavy atom. The highest BCUT2D eigenvalue weighted by molar-refractivity contribution is 5.77. The molecule has 0 saturated heterocycles. The van der Waals surface area contributed by atoms with E-state index in [1.807, 2.05) is 47.3 Å². The fraction of sp³-hybridized carbons (Fsp3) is 0.185. The molecule has 0 bridgehead atoms. The van der Waals surface area contributed by atoms with Crippen LogP contribution in [0.1, 0.15) is 23.1 Å². The molecular formula is C27H25N3O3. The predicted octanol–water partition coefficient (Wildman–Crippen LogP) is 4.58. The van der Waals surface area contributed by atoms with Crippen LogP contribution in [0.4, 0.5) is 0 Å². The molecule has 0 spiro atoms. The van der Waals surface area contributed by atoms with E-state index in [9.17, 15) is 4.79 Å². The van der Waals surface area contributed by atoms with Crippen LogP contribution in [0.5, 0.6) is 11.5 Å². The molecule has 33 heavy (non-hydrogen) atoms. The van der Waals surface area contributed by atoms with Gasteiger partial charge in [0.1, 0.15) is 0 Å². The maximum absolute atomic E-state index is 12.5. The van der Waals surface area contributed by atoms with Gasteiger partial charge in [-0.2, -0.15) is 5.10 Å². The van der Waals surface area contributed by atoms with Crippen molar-refractivity contribution in [3.8, 4) is 22.6 Å². The lowest BCUT2D eigenvalue weighted by molar-refractivity contribution is -0.121. The molecule has 1 aliphatic heterocycles. The summed E-state index contributed by atoms with van der Waals surface area (Å²) >= 11 is 0. The number of benzene rings is 3. The summed E-state index contributed by atoms with van der Waals surface area (Å²) in [7, 11) is 0. The van der Waals surface area contributed by atoms with Gasteiger partial charge in [0.25, 0.3) is 0 Å². The van der Waals surface area contributed by atoms with Crippen molar-refractivity contribution in [2.45, 2.75) is 25.9 Å². The number of nitrogens with one attached hydrogen (secondary N) is 1. The highest BCUT2D eigenvalue weighted by Crippen LogP contribution is 2.32. The second-order valence-corrected chi connectivity index (χ2v) is 8.02. The van der Waals surface area contributed by atoms with Crippen molar-refractivity contribution in [2.24, 2.45) is 0 Å². The maximum atomic E-state index is 12.5. The number of aryl methyl sites for hydroxylation is 1. The lowest BCUT2D eigenvalue weighted by Crippen LogP contribution is -2.23. The highest BCUT2D eigenvalue weighted by Gasteiger charge is 2.14. The lowest BCUT2D eigenvalue weighted by Gasteiger charge is -2.12. The monoisotopic (exact) mass is 439 g/mol. The van der Waals surface area contributed by atoms with Crippen molar-refractivity contribution < 1.29 is 14.3 Å². The molecule has 1 aliphatic rings. The smallest absolute Gasteiger partial charge is 0.231 e. The molecular weight excluding hydrogens is 414 g/mol. The van der Waals surface area contributed by atoms with E-state index < -0.39 is 0 Å². The summed E-state index contributed by atoms with van der Waals surface area (Å²) < 4.78 is 12.7. The minimum Gasteiger partial charge on any atom is -0.454 e. The number of ether oxygens (including phenoxy) is 2. The van der Waals surface area contributed by atoms with Crippen molar-refractivity contribution in [2.75, 3.05) is 6.79 Å². The van der Waals surface area contributed by atoms with Crippen LogP contribution in [0.2, 0.25) is 0 Å². The number of hydrogen-bond donors (Lipinski definition) is 1. The third-order valence-corrected chi connectivity index (χ3v) is 5.74. The van der Waals surface area contributed by atoms with E-state index in [0.29, 0.717) is 19.4 Å². The second kappa shape index (κ2) is 9.61. The normalized spacial score (nSPS) is 12.0. The van der Waals surface area contributed by atoms with Crippen LogP contribution < -0.4 is 14.8 Å². The van der Waals surface area contributed by atoms with Gasteiger partial charge in [-0.1, -0.05) is 54.6 Å². The van der Waals surface area contributed by atoms with E-state index in [-0.39, 0.29) is 12.7 Å². The molecule has 0 unspecified atom stereocenters. The fourth-order valence-electron chi connectivity index (χ4n) is 3.96. The van der Waals surface area contributed by atoms with Gasteiger partial charge in [-0.3, -0.25) is 9.48 Å². The SMILES string of the molecule is O=C(CCc1ccc2c(c1)OCO2)NCc1ccccc1-c1ccc(Cn2cccn2)cc1. The van der Waals surface area contributed by atoms with Crippen molar-refractivity contribution >= 4 is 5.91 Å². The molecule has 1 amide bonds. The van der Waals surface area contributed by atoms with Gasteiger partial charge < -0.3 is 14.8 Å². The van der Waals surface area contributed by atoms with Gasteiger partial charge in [-0.05, 0) is 52.4 Å². The Hall–Kier alpha value is -4.06. The molecule has 6 heteroatoms. The van der Waals surface area contributed by atoms with E-state index in [1.54, 1.807) is 6.20 Å². The molecule has 0 aliphatic carbocycles. The predicted molar refractivity (Wildman–Crippen MR) is 126 cm³/mol. The Labute approximate surface area is 192 Å². The number of carbonyl (C=O) groups is 1. The summed E-state index contributed by atoms with van der Waals surface area (Å²) in [5.74, 6) is 1.53. The fourth-order valence-corrected chi connectivity index (χ4v) is 3.96. The van der Waals surface area contributed by atoms with Crippen LogP contribution in [0, 0.1) is 0 Å². The van der Waals surface area contributed by atoms with E-state index >= 15 is 0 Å². The first-order chi connectivity index (χ1) is 16.2. The molecule has 0 fully saturated rings. The van der Waals surface area contributed by atoms with Crippen LogP contribution in [0.25, 0.3) is 11.1 Å². The van der Waals surface area contributed by atoms with Crippen LogP contribution in [0.15, 0.2) is 85.2 Å². The molecule has 0 atom stereocenters. The number of rotatable bonds is 8. The molecule has 2 heterocycles. The molecule has 4 aromatic rings. The summed E-state index contributed by atoms with van der Waals surface area (Å²) in [5.41, 5.74) is 5.60. The van der Waals surface area contributed by atoms with Crippen LogP contribution in [-0.2, 0) is 24.3 Å². The van der Waals surface area contributed by atoms with Gasteiger partial charge in [0, 0.05) is 25.4 Å². The zero-order chi connectivity index (χ0) is 22.5. The van der Waals surface area contributed by atoms with Crippen LogP contribution >= 0.6 is 0 Å². The quantitative estimate of drug-likeness (QED) is 0.437. The minimum atomic E-state index is 0.0250. The number of aromatic nitrogens is 2. The Morgan fingerprint density at radius 1 is 0.939 bits per heavy atom. The molecule has 5 rings (SSSR count). The second-order valence-electron chi connectivity index (χ2n) is 8.02. The number of fused-ring (bicyclic) bond motifs is 1. The summed E-state index contributed by atoms with van der Waals surface area (Å²) in [5, 5.41) is 7.33. The van der Waals surface area contributed by atoms with Gasteiger partial charge >= 0.3 is 0 Å². The molecule has 1 N–H and O–H groups in total. The van der Waals surface area contributed by atoms with E-state index in [1.165, 1.54) is 5.56 Å². The Balaban J connectivity index is 1.19. The Morgan fingerprint density at radius 3 is 2.61 bits per heavy atom. The van der Waals surface area contributed by atoms with Gasteiger partial charge in [-0.25, -0.2) is 0 Å². The third-order valence-electron chi connectivity index (χ3n) is 5.74. The molecule has 0 saturated carbocycles. The molecule has 6 nitrogen and oxygen atoms in total. The molecule has 3 aromatic carbocycles. The maximum Gasteiger partial charge on any atom is 0.231 e. The number of hydrogen-bond acceptors (Lipinski definition) is 4. The van der Waals surface area contributed by atoms with E-state index in [2.05, 4.69) is 46.8 Å². The van der Waals surface area contributed by atoms with Crippen LogP contribution in [-0.4, -0.2) is 22.5 Å². The summed E-state index contributed by atoms with van der Waals surface area (Å²) in [6.07, 6.45) is 4.82. The number of amides is 1. The molecule has 0 radical (unpaired) electrons. The summed E-state index contributed by atoms with van der Waals surface area (Å²) in [6, 6.07) is 24.4. The van der Waals surface area contributed by atoms with Gasteiger partial charge in [0.05, 0.1) is 6.54 Å². The van der Waals surface area contributed by atoms with Gasteiger partial charge in [0.15, 0.2) is 11.5 Å². The standard InChI is InChI=1S/C27H25N3O3/c31-27(13-9-20-8-12-25-26(16-20)33-19-32-25)28-17-23-4-1-2-5-24(23)22-10-6-21(7-11-22)18-30-15-3-14-29-30/h1-8,10-12,14-16H,9,13,17-19H2,(H,28,31). The van der Waals surface area contributed by atoms with Crippen molar-refractivity contribution in [3.05, 3.63) is 102 Å². The van der Waals surface area contributed by atoms with E-state index in [0.717, 1.165) is 40.3 Å². The summed E-state index contributed by atoms with van der Waals surface area (Å²) in [4.78, 5) is 12.5. The third kappa shape index (κ3) is 5.06. The van der Waals surface area contributed by atoms with Crippen molar-refractivity contribution in [3.63, 3.8) is 0 Å². The first-order valence-corrected chi connectivity index (χ1v) is 11.0. The molecule has 166 valence electrons. The highest BCUT2D eigenvalue weighted by atomic mass is 16.7. The van der Waals surface area contributed by atoms with Gasteiger partial charge in [0.2, 0.25) is 12.7 Å². The minimum absolute atomic E-state index is 0.0250.